The lowest BCUT2D eigenvalue weighted by molar-refractivity contribution is 0.185. The van der Waals surface area contributed by atoms with Crippen molar-refractivity contribution in [3.8, 4) is 0 Å². The van der Waals surface area contributed by atoms with Crippen LogP contribution in [0.25, 0.3) is 0 Å². The molecule has 0 amide bonds. The van der Waals surface area contributed by atoms with Gasteiger partial charge in [0.1, 0.15) is 0 Å². The molecule has 0 aliphatic heterocycles. The van der Waals surface area contributed by atoms with Crippen LogP contribution in [0.5, 0.6) is 0 Å². The second-order valence-electron chi connectivity index (χ2n) is 4.19. The van der Waals surface area contributed by atoms with Gasteiger partial charge in [-0.15, -0.1) is 0 Å². The first-order chi connectivity index (χ1) is 9.20. The summed E-state index contributed by atoms with van der Waals surface area (Å²) in [7, 11) is 1.70. The van der Waals surface area contributed by atoms with Gasteiger partial charge in [-0.25, -0.2) is 0 Å². The fourth-order valence-electron chi connectivity index (χ4n) is 1.82. The van der Waals surface area contributed by atoms with Crippen molar-refractivity contribution in [3.05, 3.63) is 63.1 Å². The van der Waals surface area contributed by atoms with Crippen LogP contribution in [-0.4, -0.2) is 7.11 Å². The quantitative estimate of drug-likeness (QED) is 0.839. The Morgan fingerprint density at radius 1 is 1.21 bits per heavy atom. The van der Waals surface area contributed by atoms with Crippen molar-refractivity contribution >= 4 is 33.2 Å². The second kappa shape index (κ2) is 6.94. The molecule has 0 heterocycles. The van der Waals surface area contributed by atoms with Crippen LogP contribution < -0.4 is 5.32 Å². The van der Waals surface area contributed by atoms with Crippen LogP contribution in [0.1, 0.15) is 11.1 Å². The van der Waals surface area contributed by atoms with Crippen LogP contribution in [0.2, 0.25) is 5.02 Å². The average Bonchev–Trinajstić information content (AvgIpc) is 2.42. The summed E-state index contributed by atoms with van der Waals surface area (Å²) >= 11 is 9.47. The van der Waals surface area contributed by atoms with Crippen LogP contribution >= 0.6 is 27.5 Å². The Balaban J connectivity index is 2.07. The molecule has 0 radical (unpaired) electrons. The molecule has 100 valence electrons. The molecule has 1 N–H and O–H groups in total. The first-order valence-electron chi connectivity index (χ1n) is 5.95. The minimum Gasteiger partial charge on any atom is -0.381 e. The molecule has 0 saturated heterocycles. The van der Waals surface area contributed by atoms with Crippen molar-refractivity contribution in [1.29, 1.82) is 0 Å². The number of hydrogen-bond donors (Lipinski definition) is 1. The molecule has 0 unspecified atom stereocenters. The SMILES string of the molecule is COCc1ccccc1NCc1ccc(Br)c(Cl)c1. The lowest BCUT2D eigenvalue weighted by Gasteiger charge is -2.12. The fraction of sp³-hybridized carbons (Fsp3) is 0.200. The van der Waals surface area contributed by atoms with E-state index in [-0.39, 0.29) is 0 Å². The molecular weight excluding hydrogens is 326 g/mol. The van der Waals surface area contributed by atoms with E-state index in [1.54, 1.807) is 7.11 Å². The zero-order valence-electron chi connectivity index (χ0n) is 10.6. The molecule has 4 heteroatoms. The second-order valence-corrected chi connectivity index (χ2v) is 5.45. The summed E-state index contributed by atoms with van der Waals surface area (Å²) in [6, 6.07) is 14.1. The van der Waals surface area contributed by atoms with Gasteiger partial charge in [0.25, 0.3) is 0 Å². The van der Waals surface area contributed by atoms with Crippen molar-refractivity contribution in [2.24, 2.45) is 0 Å². The summed E-state index contributed by atoms with van der Waals surface area (Å²) in [6.07, 6.45) is 0. The van der Waals surface area contributed by atoms with Crippen molar-refractivity contribution < 1.29 is 4.74 Å². The van der Waals surface area contributed by atoms with E-state index in [1.165, 1.54) is 0 Å². The molecule has 0 atom stereocenters. The summed E-state index contributed by atoms with van der Waals surface area (Å²) in [5.41, 5.74) is 3.37. The van der Waals surface area contributed by atoms with E-state index < -0.39 is 0 Å². The van der Waals surface area contributed by atoms with Crippen LogP contribution in [0, 0.1) is 0 Å². The molecule has 0 fully saturated rings. The third kappa shape index (κ3) is 3.96. The van der Waals surface area contributed by atoms with E-state index in [0.29, 0.717) is 6.61 Å². The first-order valence-corrected chi connectivity index (χ1v) is 7.12. The molecule has 2 nitrogen and oxygen atoms in total. The maximum Gasteiger partial charge on any atom is 0.0733 e. The Morgan fingerprint density at radius 2 is 2.00 bits per heavy atom. The van der Waals surface area contributed by atoms with Crippen LogP contribution in [-0.2, 0) is 17.9 Å². The van der Waals surface area contributed by atoms with Gasteiger partial charge < -0.3 is 10.1 Å². The summed E-state index contributed by atoms with van der Waals surface area (Å²) in [4.78, 5) is 0. The summed E-state index contributed by atoms with van der Waals surface area (Å²) in [5, 5.41) is 4.13. The minimum atomic E-state index is 0.601. The highest BCUT2D eigenvalue weighted by Crippen LogP contribution is 2.24. The van der Waals surface area contributed by atoms with Gasteiger partial charge in [-0.2, -0.15) is 0 Å². The number of para-hydroxylation sites is 1. The number of anilines is 1. The van der Waals surface area contributed by atoms with E-state index in [0.717, 1.165) is 32.9 Å². The maximum atomic E-state index is 6.08. The Kier molecular flexibility index (Phi) is 5.25. The maximum absolute atomic E-state index is 6.08. The van der Waals surface area contributed by atoms with Gasteiger partial charge in [0.15, 0.2) is 0 Å². The highest BCUT2D eigenvalue weighted by molar-refractivity contribution is 9.10. The molecular formula is C15H15BrClNO. The Morgan fingerprint density at radius 3 is 2.74 bits per heavy atom. The van der Waals surface area contributed by atoms with Gasteiger partial charge in [-0.05, 0) is 39.7 Å². The normalized spacial score (nSPS) is 10.5. The smallest absolute Gasteiger partial charge is 0.0733 e. The van der Waals surface area contributed by atoms with Gasteiger partial charge >= 0.3 is 0 Å². The first kappa shape index (κ1) is 14.4. The number of ether oxygens (including phenoxy) is 1. The molecule has 0 spiro atoms. The molecule has 2 rings (SSSR count). The van der Waals surface area contributed by atoms with Gasteiger partial charge in [0.2, 0.25) is 0 Å². The van der Waals surface area contributed by atoms with Crippen molar-refractivity contribution in [2.45, 2.75) is 13.2 Å². The van der Waals surface area contributed by atoms with Crippen molar-refractivity contribution in [3.63, 3.8) is 0 Å². The van der Waals surface area contributed by atoms with Gasteiger partial charge in [-0.3, -0.25) is 0 Å². The third-order valence-electron chi connectivity index (χ3n) is 2.78. The van der Waals surface area contributed by atoms with Crippen LogP contribution in [0.4, 0.5) is 5.69 Å². The summed E-state index contributed by atoms with van der Waals surface area (Å²) < 4.78 is 6.10. The molecule has 0 aliphatic rings. The molecule has 0 aliphatic carbocycles. The van der Waals surface area contributed by atoms with E-state index in [1.807, 2.05) is 30.3 Å². The van der Waals surface area contributed by atoms with Gasteiger partial charge in [0, 0.05) is 29.4 Å². The number of nitrogens with one attached hydrogen (secondary N) is 1. The topological polar surface area (TPSA) is 21.3 Å². The number of methoxy groups -OCH3 is 1. The number of rotatable bonds is 5. The van der Waals surface area contributed by atoms with Crippen molar-refractivity contribution in [2.75, 3.05) is 12.4 Å². The monoisotopic (exact) mass is 339 g/mol. The van der Waals surface area contributed by atoms with Crippen LogP contribution in [0.15, 0.2) is 46.9 Å². The zero-order valence-corrected chi connectivity index (χ0v) is 13.0. The third-order valence-corrected chi connectivity index (χ3v) is 4.02. The zero-order chi connectivity index (χ0) is 13.7. The number of hydrogen-bond acceptors (Lipinski definition) is 2. The summed E-state index contributed by atoms with van der Waals surface area (Å²) in [5.74, 6) is 0. The Hall–Kier alpha value is -1.03. The summed E-state index contributed by atoms with van der Waals surface area (Å²) in [6.45, 7) is 1.33. The van der Waals surface area contributed by atoms with E-state index in [4.69, 9.17) is 16.3 Å². The Bertz CT molecular complexity index is 560. The van der Waals surface area contributed by atoms with Crippen molar-refractivity contribution in [1.82, 2.24) is 0 Å². The van der Waals surface area contributed by atoms with Gasteiger partial charge in [-0.1, -0.05) is 35.9 Å². The molecule has 2 aromatic carbocycles. The minimum absolute atomic E-state index is 0.601. The Labute approximate surface area is 126 Å². The molecule has 2 aromatic rings. The van der Waals surface area contributed by atoms with Gasteiger partial charge in [0.05, 0.1) is 11.6 Å². The molecule has 0 aromatic heterocycles. The lowest BCUT2D eigenvalue weighted by Crippen LogP contribution is -2.03. The van der Waals surface area contributed by atoms with E-state index >= 15 is 0 Å². The highest BCUT2D eigenvalue weighted by atomic mass is 79.9. The molecule has 0 saturated carbocycles. The molecule has 0 bridgehead atoms. The lowest BCUT2D eigenvalue weighted by atomic mass is 10.1. The largest absolute Gasteiger partial charge is 0.381 e. The molecule has 19 heavy (non-hydrogen) atoms. The van der Waals surface area contributed by atoms with Crippen LogP contribution in [0.3, 0.4) is 0 Å². The number of benzene rings is 2. The standard InChI is InChI=1S/C15H15BrClNO/c1-19-10-12-4-2-3-5-15(12)18-9-11-6-7-13(16)14(17)8-11/h2-8,18H,9-10H2,1H3. The van der Waals surface area contributed by atoms with E-state index in [2.05, 4.69) is 33.4 Å². The highest BCUT2D eigenvalue weighted by Gasteiger charge is 2.02. The predicted molar refractivity (Wildman–Crippen MR) is 83.6 cm³/mol. The predicted octanol–water partition coefficient (Wildman–Crippen LogP) is 4.86. The fourth-order valence-corrected chi connectivity index (χ4v) is 2.27. The number of halogens is 2. The van der Waals surface area contributed by atoms with E-state index in [9.17, 15) is 0 Å². The average molecular weight is 341 g/mol.